The van der Waals surface area contributed by atoms with Crippen molar-refractivity contribution in [2.75, 3.05) is 13.1 Å². The Hall–Kier alpha value is -0.170. The molecular weight excluding hydrogens is 214 g/mol. The minimum atomic E-state index is -3.34. The highest BCUT2D eigenvalue weighted by atomic mass is 32.2. The lowest BCUT2D eigenvalue weighted by Gasteiger charge is -2.30. The number of piperidine rings is 1. The van der Waals surface area contributed by atoms with Gasteiger partial charge in [-0.25, -0.2) is 0 Å². The van der Waals surface area contributed by atoms with Crippen LogP contribution in [0.5, 0.6) is 0 Å². The molecule has 0 aromatic rings. The van der Waals surface area contributed by atoms with Crippen molar-refractivity contribution in [1.82, 2.24) is 14.8 Å². The first-order chi connectivity index (χ1) is 6.91. The summed E-state index contributed by atoms with van der Waals surface area (Å²) in [6.45, 7) is 7.42. The van der Waals surface area contributed by atoms with E-state index >= 15 is 0 Å². The molecule has 90 valence electrons. The van der Waals surface area contributed by atoms with Crippen LogP contribution in [-0.4, -0.2) is 33.6 Å². The van der Waals surface area contributed by atoms with Crippen molar-refractivity contribution < 1.29 is 8.42 Å². The Morgan fingerprint density at radius 2 is 2.07 bits per heavy atom. The van der Waals surface area contributed by atoms with Crippen molar-refractivity contribution >= 4 is 10.2 Å². The van der Waals surface area contributed by atoms with Gasteiger partial charge in [-0.05, 0) is 39.3 Å². The summed E-state index contributed by atoms with van der Waals surface area (Å²) in [5.41, 5.74) is 0. The van der Waals surface area contributed by atoms with Gasteiger partial charge in [0.25, 0.3) is 10.2 Å². The normalized spacial score (nSPS) is 28.3. The molecule has 0 bridgehead atoms. The summed E-state index contributed by atoms with van der Waals surface area (Å²) in [5.74, 6) is 0.336. The Morgan fingerprint density at radius 3 is 2.60 bits per heavy atom. The summed E-state index contributed by atoms with van der Waals surface area (Å²) in [4.78, 5) is 0. The summed E-state index contributed by atoms with van der Waals surface area (Å²) in [7, 11) is -3.34. The second-order valence-electron chi connectivity index (χ2n) is 4.47. The Morgan fingerprint density at radius 1 is 1.40 bits per heavy atom. The van der Waals surface area contributed by atoms with Crippen molar-refractivity contribution in [3.8, 4) is 0 Å². The van der Waals surface area contributed by atoms with E-state index in [0.29, 0.717) is 5.92 Å². The molecule has 1 saturated heterocycles. The van der Waals surface area contributed by atoms with Crippen LogP contribution in [0, 0.1) is 5.92 Å². The lowest BCUT2D eigenvalue weighted by atomic mass is 9.97. The standard InChI is InChI=1S/C9H21N3O2S/c1-7(2)11-15(13,14)12-9-4-5-10-6-8(9)3/h7-12H,4-6H2,1-3H3/t8-,9+/m1/s1. The van der Waals surface area contributed by atoms with Crippen molar-refractivity contribution in [2.24, 2.45) is 5.92 Å². The predicted molar refractivity (Wildman–Crippen MR) is 60.8 cm³/mol. The monoisotopic (exact) mass is 235 g/mol. The van der Waals surface area contributed by atoms with E-state index in [9.17, 15) is 8.42 Å². The van der Waals surface area contributed by atoms with Gasteiger partial charge in [-0.3, -0.25) is 0 Å². The third kappa shape index (κ3) is 4.46. The molecule has 6 heteroatoms. The van der Waals surface area contributed by atoms with Gasteiger partial charge in [0, 0.05) is 12.1 Å². The van der Waals surface area contributed by atoms with Crippen LogP contribution in [0.1, 0.15) is 27.2 Å². The molecule has 0 aromatic heterocycles. The van der Waals surface area contributed by atoms with E-state index in [1.165, 1.54) is 0 Å². The summed E-state index contributed by atoms with van der Waals surface area (Å²) in [6, 6.07) is -0.0259. The fraction of sp³-hybridized carbons (Fsp3) is 1.00. The van der Waals surface area contributed by atoms with E-state index in [-0.39, 0.29) is 12.1 Å². The summed E-state index contributed by atoms with van der Waals surface area (Å²) < 4.78 is 28.4. The molecule has 0 unspecified atom stereocenters. The molecule has 1 aliphatic heterocycles. The minimum absolute atomic E-state index is 0.0440. The largest absolute Gasteiger partial charge is 0.316 e. The molecule has 1 rings (SSSR count). The third-order valence-corrected chi connectivity index (χ3v) is 3.88. The maximum absolute atomic E-state index is 11.6. The van der Waals surface area contributed by atoms with Gasteiger partial charge in [0.15, 0.2) is 0 Å². The average molecular weight is 235 g/mol. The zero-order valence-electron chi connectivity index (χ0n) is 9.58. The maximum Gasteiger partial charge on any atom is 0.277 e. The van der Waals surface area contributed by atoms with E-state index in [1.54, 1.807) is 0 Å². The predicted octanol–water partition coefficient (Wildman–Crippen LogP) is -0.183. The molecule has 1 fully saturated rings. The topological polar surface area (TPSA) is 70.2 Å². The fourth-order valence-electron chi connectivity index (χ4n) is 1.73. The summed E-state index contributed by atoms with van der Waals surface area (Å²) in [5, 5.41) is 3.24. The first-order valence-corrected chi connectivity index (χ1v) is 6.89. The maximum atomic E-state index is 11.6. The van der Waals surface area contributed by atoms with Crippen LogP contribution in [0.25, 0.3) is 0 Å². The third-order valence-electron chi connectivity index (χ3n) is 2.48. The van der Waals surface area contributed by atoms with Crippen LogP contribution in [-0.2, 0) is 10.2 Å². The SMILES string of the molecule is CC(C)NS(=O)(=O)N[C@H]1CCNC[C@H]1C. The number of nitrogens with one attached hydrogen (secondary N) is 3. The molecule has 2 atom stereocenters. The fourth-order valence-corrected chi connectivity index (χ4v) is 3.17. The minimum Gasteiger partial charge on any atom is -0.316 e. The molecule has 3 N–H and O–H groups in total. The quantitative estimate of drug-likeness (QED) is 0.633. The molecule has 0 aromatic carbocycles. The first-order valence-electron chi connectivity index (χ1n) is 5.41. The average Bonchev–Trinajstić information content (AvgIpc) is 2.06. The lowest BCUT2D eigenvalue weighted by Crippen LogP contribution is -2.52. The van der Waals surface area contributed by atoms with E-state index in [0.717, 1.165) is 19.5 Å². The highest BCUT2D eigenvalue weighted by Gasteiger charge is 2.25. The van der Waals surface area contributed by atoms with Gasteiger partial charge < -0.3 is 5.32 Å². The summed E-state index contributed by atoms with van der Waals surface area (Å²) >= 11 is 0. The second-order valence-corrected chi connectivity index (χ2v) is 5.95. The number of rotatable bonds is 4. The Kier molecular flexibility index (Phi) is 4.51. The molecule has 0 aliphatic carbocycles. The zero-order valence-corrected chi connectivity index (χ0v) is 10.4. The van der Waals surface area contributed by atoms with Crippen molar-refractivity contribution in [2.45, 2.75) is 39.3 Å². The van der Waals surface area contributed by atoms with E-state index in [4.69, 9.17) is 0 Å². The molecular formula is C9H21N3O2S. The summed E-state index contributed by atoms with van der Waals surface area (Å²) in [6.07, 6.45) is 0.847. The van der Waals surface area contributed by atoms with E-state index in [1.807, 2.05) is 13.8 Å². The highest BCUT2D eigenvalue weighted by molar-refractivity contribution is 7.87. The van der Waals surface area contributed by atoms with E-state index in [2.05, 4.69) is 21.7 Å². The number of hydrogen-bond acceptors (Lipinski definition) is 3. The molecule has 0 saturated carbocycles. The van der Waals surface area contributed by atoms with Gasteiger partial charge in [0.05, 0.1) is 0 Å². The lowest BCUT2D eigenvalue weighted by molar-refractivity contribution is 0.326. The second kappa shape index (κ2) is 5.25. The van der Waals surface area contributed by atoms with Crippen molar-refractivity contribution in [3.63, 3.8) is 0 Å². The molecule has 5 nitrogen and oxygen atoms in total. The van der Waals surface area contributed by atoms with Crippen LogP contribution in [0.2, 0.25) is 0 Å². The molecule has 15 heavy (non-hydrogen) atoms. The smallest absolute Gasteiger partial charge is 0.277 e. The Balaban J connectivity index is 2.52. The van der Waals surface area contributed by atoms with Crippen LogP contribution in [0.4, 0.5) is 0 Å². The molecule has 0 radical (unpaired) electrons. The van der Waals surface area contributed by atoms with Gasteiger partial charge in [-0.1, -0.05) is 6.92 Å². The first kappa shape index (κ1) is 12.9. The molecule has 0 amide bonds. The Bertz CT molecular complexity index is 290. The molecule has 1 aliphatic rings. The highest BCUT2D eigenvalue weighted by Crippen LogP contribution is 2.10. The van der Waals surface area contributed by atoms with Crippen molar-refractivity contribution in [1.29, 1.82) is 0 Å². The Labute approximate surface area is 92.2 Å². The van der Waals surface area contributed by atoms with Gasteiger partial charge in [-0.15, -0.1) is 0 Å². The number of hydrogen-bond donors (Lipinski definition) is 3. The van der Waals surface area contributed by atoms with Crippen LogP contribution >= 0.6 is 0 Å². The molecule has 1 heterocycles. The van der Waals surface area contributed by atoms with Crippen LogP contribution < -0.4 is 14.8 Å². The van der Waals surface area contributed by atoms with Gasteiger partial charge in [0.2, 0.25) is 0 Å². The van der Waals surface area contributed by atoms with Gasteiger partial charge >= 0.3 is 0 Å². The van der Waals surface area contributed by atoms with Crippen molar-refractivity contribution in [3.05, 3.63) is 0 Å². The van der Waals surface area contributed by atoms with E-state index < -0.39 is 10.2 Å². The van der Waals surface area contributed by atoms with Crippen LogP contribution in [0.15, 0.2) is 0 Å². The van der Waals surface area contributed by atoms with Gasteiger partial charge in [0.1, 0.15) is 0 Å². The van der Waals surface area contributed by atoms with Gasteiger partial charge in [-0.2, -0.15) is 17.9 Å². The zero-order chi connectivity index (χ0) is 11.5. The van der Waals surface area contributed by atoms with Crippen LogP contribution in [0.3, 0.4) is 0 Å². The molecule has 0 spiro atoms.